The predicted molar refractivity (Wildman–Crippen MR) is 74.9 cm³/mol. The second-order valence-electron chi connectivity index (χ2n) is 4.86. The van der Waals surface area contributed by atoms with Crippen LogP contribution in [0.3, 0.4) is 0 Å². The first kappa shape index (κ1) is 14.6. The van der Waals surface area contributed by atoms with Crippen LogP contribution in [-0.4, -0.2) is 17.1 Å². The van der Waals surface area contributed by atoms with E-state index in [9.17, 15) is 4.79 Å². The first-order valence-corrected chi connectivity index (χ1v) is 6.63. The Morgan fingerprint density at radius 1 is 1.28 bits per heavy atom. The number of aryl methyl sites for hydroxylation is 1. The Hall–Kier alpha value is -1.51. The van der Waals surface area contributed by atoms with Crippen LogP contribution in [0.1, 0.15) is 39.2 Å². The van der Waals surface area contributed by atoms with Crippen LogP contribution in [0.25, 0.3) is 0 Å². The standard InChI is InChI=1S/C15H23NO2/c1-4-5-6-13-7-9-14(10-8-13)16-12(3)11(2)15(17)18/h7-12,16H,4-6H2,1-3H3,(H,17,18). The van der Waals surface area contributed by atoms with E-state index in [1.165, 1.54) is 18.4 Å². The molecule has 1 aromatic carbocycles. The van der Waals surface area contributed by atoms with Crippen molar-refractivity contribution in [3.63, 3.8) is 0 Å². The Morgan fingerprint density at radius 2 is 1.89 bits per heavy atom. The fourth-order valence-corrected chi connectivity index (χ4v) is 1.75. The highest BCUT2D eigenvalue weighted by atomic mass is 16.4. The molecule has 3 heteroatoms. The monoisotopic (exact) mass is 249 g/mol. The van der Waals surface area contributed by atoms with Crippen LogP contribution in [0.2, 0.25) is 0 Å². The molecule has 0 amide bonds. The lowest BCUT2D eigenvalue weighted by Crippen LogP contribution is -2.29. The number of aliphatic carboxylic acids is 1. The van der Waals surface area contributed by atoms with Crippen LogP contribution in [0.4, 0.5) is 5.69 Å². The minimum absolute atomic E-state index is 0.0796. The van der Waals surface area contributed by atoms with E-state index in [1.54, 1.807) is 6.92 Å². The molecule has 2 atom stereocenters. The van der Waals surface area contributed by atoms with Gasteiger partial charge in [-0.05, 0) is 44.4 Å². The zero-order valence-electron chi connectivity index (χ0n) is 11.4. The molecule has 2 N–H and O–H groups in total. The molecule has 0 fully saturated rings. The van der Waals surface area contributed by atoms with Crippen LogP contribution in [-0.2, 0) is 11.2 Å². The van der Waals surface area contributed by atoms with Gasteiger partial charge in [-0.15, -0.1) is 0 Å². The zero-order valence-corrected chi connectivity index (χ0v) is 11.4. The van der Waals surface area contributed by atoms with E-state index in [2.05, 4.69) is 24.4 Å². The summed E-state index contributed by atoms with van der Waals surface area (Å²) in [5.41, 5.74) is 2.32. The second-order valence-corrected chi connectivity index (χ2v) is 4.86. The smallest absolute Gasteiger partial charge is 0.308 e. The van der Waals surface area contributed by atoms with Crippen molar-refractivity contribution in [3.8, 4) is 0 Å². The van der Waals surface area contributed by atoms with Gasteiger partial charge in [0.15, 0.2) is 0 Å². The summed E-state index contributed by atoms with van der Waals surface area (Å²) in [6, 6.07) is 8.18. The third-order valence-electron chi connectivity index (χ3n) is 3.31. The van der Waals surface area contributed by atoms with Gasteiger partial charge in [-0.2, -0.15) is 0 Å². The van der Waals surface area contributed by atoms with Crippen LogP contribution in [0, 0.1) is 5.92 Å². The van der Waals surface area contributed by atoms with Gasteiger partial charge in [-0.3, -0.25) is 4.79 Å². The fraction of sp³-hybridized carbons (Fsp3) is 0.533. The molecule has 2 unspecified atom stereocenters. The van der Waals surface area contributed by atoms with Crippen LogP contribution < -0.4 is 5.32 Å². The molecule has 0 spiro atoms. The number of anilines is 1. The number of carbonyl (C=O) groups is 1. The number of hydrogen-bond donors (Lipinski definition) is 2. The molecule has 0 bridgehead atoms. The minimum atomic E-state index is -0.769. The molecule has 1 rings (SSSR count). The molecule has 1 aromatic rings. The van der Waals surface area contributed by atoms with Crippen molar-refractivity contribution in [2.45, 2.75) is 46.1 Å². The summed E-state index contributed by atoms with van der Waals surface area (Å²) in [6.07, 6.45) is 3.52. The maximum atomic E-state index is 10.9. The third-order valence-corrected chi connectivity index (χ3v) is 3.31. The van der Waals surface area contributed by atoms with Crippen LogP contribution >= 0.6 is 0 Å². The molecular weight excluding hydrogens is 226 g/mol. The third kappa shape index (κ3) is 4.40. The maximum Gasteiger partial charge on any atom is 0.308 e. The highest BCUT2D eigenvalue weighted by Gasteiger charge is 2.18. The summed E-state index contributed by atoms with van der Waals surface area (Å²) in [5, 5.41) is 12.2. The van der Waals surface area contributed by atoms with E-state index in [1.807, 2.05) is 19.1 Å². The topological polar surface area (TPSA) is 49.3 Å². The molecule has 0 aromatic heterocycles. The van der Waals surface area contributed by atoms with Crippen molar-refractivity contribution in [1.29, 1.82) is 0 Å². The second kappa shape index (κ2) is 7.04. The molecule has 0 aliphatic carbocycles. The average molecular weight is 249 g/mol. The Morgan fingerprint density at radius 3 is 2.39 bits per heavy atom. The minimum Gasteiger partial charge on any atom is -0.481 e. The van der Waals surface area contributed by atoms with Gasteiger partial charge in [0.2, 0.25) is 0 Å². The molecule has 18 heavy (non-hydrogen) atoms. The zero-order chi connectivity index (χ0) is 13.5. The first-order chi connectivity index (χ1) is 8.54. The van der Waals surface area contributed by atoms with Crippen molar-refractivity contribution >= 4 is 11.7 Å². The largest absolute Gasteiger partial charge is 0.481 e. The van der Waals surface area contributed by atoms with Gasteiger partial charge in [0.05, 0.1) is 5.92 Å². The Bertz CT molecular complexity index is 373. The summed E-state index contributed by atoms with van der Waals surface area (Å²) in [6.45, 7) is 5.80. The van der Waals surface area contributed by atoms with Gasteiger partial charge in [0.25, 0.3) is 0 Å². The number of nitrogens with one attached hydrogen (secondary N) is 1. The van der Waals surface area contributed by atoms with Gasteiger partial charge in [-0.1, -0.05) is 25.5 Å². The molecule has 0 aliphatic rings. The molecule has 0 saturated heterocycles. The van der Waals surface area contributed by atoms with Gasteiger partial charge < -0.3 is 10.4 Å². The summed E-state index contributed by atoms with van der Waals surface area (Å²) < 4.78 is 0. The number of carboxylic acids is 1. The van der Waals surface area contributed by atoms with Crippen LogP contribution in [0.5, 0.6) is 0 Å². The summed E-state index contributed by atoms with van der Waals surface area (Å²) in [7, 11) is 0. The van der Waals surface area contributed by atoms with Crippen molar-refractivity contribution in [2.24, 2.45) is 5.92 Å². The fourth-order valence-electron chi connectivity index (χ4n) is 1.75. The lowest BCUT2D eigenvalue weighted by molar-refractivity contribution is -0.141. The van der Waals surface area contributed by atoms with E-state index < -0.39 is 11.9 Å². The highest BCUT2D eigenvalue weighted by molar-refractivity contribution is 5.71. The number of unbranched alkanes of at least 4 members (excludes halogenated alkanes) is 1. The summed E-state index contributed by atoms with van der Waals surface area (Å²) in [4.78, 5) is 10.9. The number of carboxylic acid groups (broad SMARTS) is 1. The van der Waals surface area contributed by atoms with Crippen molar-refractivity contribution in [2.75, 3.05) is 5.32 Å². The Balaban J connectivity index is 2.55. The summed E-state index contributed by atoms with van der Waals surface area (Å²) >= 11 is 0. The lowest BCUT2D eigenvalue weighted by Gasteiger charge is -2.19. The normalized spacial score (nSPS) is 13.9. The predicted octanol–water partition coefficient (Wildman–Crippen LogP) is 3.55. The molecule has 0 radical (unpaired) electrons. The number of benzene rings is 1. The summed E-state index contributed by atoms with van der Waals surface area (Å²) in [5.74, 6) is -1.17. The van der Waals surface area contributed by atoms with E-state index >= 15 is 0 Å². The lowest BCUT2D eigenvalue weighted by atomic mass is 10.0. The maximum absolute atomic E-state index is 10.9. The van der Waals surface area contributed by atoms with Gasteiger partial charge in [-0.25, -0.2) is 0 Å². The van der Waals surface area contributed by atoms with Gasteiger partial charge >= 0.3 is 5.97 Å². The number of hydrogen-bond acceptors (Lipinski definition) is 2. The molecule has 0 heterocycles. The molecule has 0 saturated carbocycles. The SMILES string of the molecule is CCCCc1ccc(NC(C)C(C)C(=O)O)cc1. The van der Waals surface area contributed by atoms with Crippen molar-refractivity contribution < 1.29 is 9.90 Å². The van der Waals surface area contributed by atoms with Crippen LogP contribution in [0.15, 0.2) is 24.3 Å². The van der Waals surface area contributed by atoms with Gasteiger partial charge in [0, 0.05) is 11.7 Å². The van der Waals surface area contributed by atoms with E-state index in [0.29, 0.717) is 0 Å². The van der Waals surface area contributed by atoms with Gasteiger partial charge in [0.1, 0.15) is 0 Å². The van der Waals surface area contributed by atoms with E-state index in [0.717, 1.165) is 12.1 Å². The first-order valence-electron chi connectivity index (χ1n) is 6.63. The van der Waals surface area contributed by atoms with Crippen molar-refractivity contribution in [1.82, 2.24) is 0 Å². The highest BCUT2D eigenvalue weighted by Crippen LogP contribution is 2.15. The molecule has 100 valence electrons. The van der Waals surface area contributed by atoms with E-state index in [-0.39, 0.29) is 6.04 Å². The quantitative estimate of drug-likeness (QED) is 0.777. The van der Waals surface area contributed by atoms with Crippen molar-refractivity contribution in [3.05, 3.63) is 29.8 Å². The number of rotatable bonds is 7. The Kier molecular flexibility index (Phi) is 5.69. The van der Waals surface area contributed by atoms with E-state index in [4.69, 9.17) is 5.11 Å². The molecule has 0 aliphatic heterocycles. The molecular formula is C15H23NO2. The average Bonchev–Trinajstić information content (AvgIpc) is 2.36. The molecule has 3 nitrogen and oxygen atoms in total. The Labute approximate surface area is 109 Å².